The van der Waals surface area contributed by atoms with E-state index in [9.17, 15) is 4.79 Å². The van der Waals surface area contributed by atoms with Gasteiger partial charge in [-0.05, 0) is 38.8 Å². The van der Waals surface area contributed by atoms with Crippen molar-refractivity contribution in [2.24, 2.45) is 10.8 Å². The van der Waals surface area contributed by atoms with E-state index in [-0.39, 0.29) is 27.8 Å². The Hall–Kier alpha value is -0.630. The Morgan fingerprint density at radius 1 is 1.12 bits per heavy atom. The molecule has 17 heavy (non-hydrogen) atoms. The zero-order valence-corrected chi connectivity index (χ0v) is 12.1. The van der Waals surface area contributed by atoms with E-state index >= 15 is 0 Å². The van der Waals surface area contributed by atoms with Gasteiger partial charge in [-0.1, -0.05) is 27.7 Å². The smallest absolute Gasteiger partial charge is 0.164 e. The minimum absolute atomic E-state index is 0.0548. The van der Waals surface area contributed by atoms with Crippen LogP contribution in [0.1, 0.15) is 54.9 Å². The number of ether oxygens (including phenoxy) is 1. The third kappa shape index (κ3) is 1.40. The lowest BCUT2D eigenvalue weighted by Gasteiger charge is -2.68. The van der Waals surface area contributed by atoms with Crippen LogP contribution in [0.4, 0.5) is 0 Å². The number of hydrogen-bond donors (Lipinski definition) is 0. The summed E-state index contributed by atoms with van der Waals surface area (Å²) in [5.74, 6) is 0.257. The molecule has 96 valence electrons. The van der Waals surface area contributed by atoms with Crippen LogP contribution in [-0.4, -0.2) is 17.0 Å². The van der Waals surface area contributed by atoms with Crippen molar-refractivity contribution in [2.75, 3.05) is 0 Å². The summed E-state index contributed by atoms with van der Waals surface area (Å²) >= 11 is 0. The fourth-order valence-corrected chi connectivity index (χ4v) is 3.38. The third-order valence-electron chi connectivity index (χ3n) is 5.13. The second kappa shape index (κ2) is 3.03. The molecule has 2 rings (SSSR count). The van der Waals surface area contributed by atoms with Crippen LogP contribution in [0.15, 0.2) is 11.6 Å². The zero-order chi connectivity index (χ0) is 13.3. The maximum absolute atomic E-state index is 12.1. The van der Waals surface area contributed by atoms with Crippen molar-refractivity contribution in [1.29, 1.82) is 0 Å². The molecule has 1 saturated heterocycles. The van der Waals surface area contributed by atoms with Gasteiger partial charge < -0.3 is 4.74 Å². The lowest BCUT2D eigenvalue weighted by atomic mass is 9.52. The number of carbonyl (C=O) groups is 1. The maximum atomic E-state index is 12.1. The molecule has 0 aromatic heterocycles. The van der Waals surface area contributed by atoms with Crippen molar-refractivity contribution in [1.82, 2.24) is 0 Å². The van der Waals surface area contributed by atoms with Crippen molar-refractivity contribution in [3.8, 4) is 0 Å². The predicted molar refractivity (Wildman–Crippen MR) is 68.8 cm³/mol. The Morgan fingerprint density at radius 3 is 2.00 bits per heavy atom. The summed E-state index contributed by atoms with van der Waals surface area (Å²) in [6, 6.07) is 0. The third-order valence-corrected chi connectivity index (χ3v) is 5.13. The average Bonchev–Trinajstić information content (AvgIpc) is 2.12. The Kier molecular flexibility index (Phi) is 2.28. The predicted octanol–water partition coefficient (Wildman–Crippen LogP) is 3.51. The van der Waals surface area contributed by atoms with Gasteiger partial charge >= 0.3 is 0 Å². The number of carbonyl (C=O) groups excluding carboxylic acids is 1. The standard InChI is InChI=1S/C15H24O2/c1-10-8-15(9-12(2,3)11(10)16)13(4,5)14(6,7)17-15/h8H,9H2,1-7H3. The lowest BCUT2D eigenvalue weighted by Crippen LogP contribution is -2.73. The number of rotatable bonds is 0. The highest BCUT2D eigenvalue weighted by Crippen LogP contribution is 2.63. The molecular formula is C15H24O2. The van der Waals surface area contributed by atoms with Crippen LogP contribution in [0.25, 0.3) is 0 Å². The minimum atomic E-state index is -0.313. The van der Waals surface area contributed by atoms with Gasteiger partial charge in [-0.25, -0.2) is 0 Å². The minimum Gasteiger partial charge on any atom is -0.364 e. The van der Waals surface area contributed by atoms with E-state index in [0.29, 0.717) is 0 Å². The van der Waals surface area contributed by atoms with Gasteiger partial charge in [-0.2, -0.15) is 0 Å². The van der Waals surface area contributed by atoms with E-state index in [1.807, 2.05) is 20.8 Å². The van der Waals surface area contributed by atoms with Crippen molar-refractivity contribution < 1.29 is 9.53 Å². The molecule has 1 unspecified atom stereocenters. The van der Waals surface area contributed by atoms with Gasteiger partial charge in [0.05, 0.1) is 11.2 Å². The highest BCUT2D eigenvalue weighted by molar-refractivity contribution is 6.00. The first-order valence-corrected chi connectivity index (χ1v) is 6.40. The SMILES string of the molecule is CC1=CC2(CC(C)(C)C1=O)OC(C)(C)C2(C)C. The van der Waals surface area contributed by atoms with Crippen molar-refractivity contribution in [2.45, 2.75) is 66.1 Å². The van der Waals surface area contributed by atoms with Gasteiger partial charge in [0.25, 0.3) is 0 Å². The van der Waals surface area contributed by atoms with Gasteiger partial charge in [-0.3, -0.25) is 4.79 Å². The summed E-state index contributed by atoms with van der Waals surface area (Å²) in [4.78, 5) is 12.1. The van der Waals surface area contributed by atoms with Crippen LogP contribution in [0.3, 0.4) is 0 Å². The number of ketones is 1. The van der Waals surface area contributed by atoms with E-state index in [1.165, 1.54) is 0 Å². The van der Waals surface area contributed by atoms with E-state index in [1.54, 1.807) is 0 Å². The Morgan fingerprint density at radius 2 is 1.65 bits per heavy atom. The fourth-order valence-electron chi connectivity index (χ4n) is 3.38. The Balaban J connectivity index is 2.47. The van der Waals surface area contributed by atoms with Gasteiger partial charge in [0.15, 0.2) is 5.78 Å². The van der Waals surface area contributed by atoms with Crippen LogP contribution in [-0.2, 0) is 9.53 Å². The van der Waals surface area contributed by atoms with Crippen LogP contribution in [0.2, 0.25) is 0 Å². The maximum Gasteiger partial charge on any atom is 0.164 e. The summed E-state index contributed by atoms with van der Waals surface area (Å²) in [5, 5.41) is 0. The summed E-state index contributed by atoms with van der Waals surface area (Å²) in [5.41, 5.74) is 0.203. The monoisotopic (exact) mass is 236 g/mol. The van der Waals surface area contributed by atoms with E-state index in [0.717, 1.165) is 12.0 Å². The Labute approximate surface area is 104 Å². The van der Waals surface area contributed by atoms with Crippen molar-refractivity contribution in [3.05, 3.63) is 11.6 Å². The molecule has 1 fully saturated rings. The summed E-state index contributed by atoms with van der Waals surface area (Å²) in [6.45, 7) is 14.7. The molecule has 1 atom stereocenters. The molecule has 1 spiro atoms. The largest absolute Gasteiger partial charge is 0.364 e. The summed E-state index contributed by atoms with van der Waals surface area (Å²) in [6.07, 6.45) is 2.85. The van der Waals surface area contributed by atoms with Crippen LogP contribution in [0, 0.1) is 10.8 Å². The van der Waals surface area contributed by atoms with Crippen LogP contribution in [0.5, 0.6) is 0 Å². The van der Waals surface area contributed by atoms with Gasteiger partial charge in [0, 0.05) is 10.8 Å². The van der Waals surface area contributed by atoms with Gasteiger partial charge in [0.1, 0.15) is 0 Å². The first kappa shape index (κ1) is 12.8. The number of allylic oxidation sites excluding steroid dienone is 1. The molecule has 1 aliphatic heterocycles. The fraction of sp³-hybridized carbons (Fsp3) is 0.800. The second-order valence-electron chi connectivity index (χ2n) is 7.34. The molecule has 0 aromatic rings. The molecule has 0 N–H and O–H groups in total. The molecule has 0 amide bonds. The molecule has 0 aromatic carbocycles. The molecule has 2 heteroatoms. The number of Topliss-reactive ketones (excluding diaryl/α,β-unsaturated/α-hetero) is 1. The summed E-state index contributed by atoms with van der Waals surface area (Å²) < 4.78 is 6.20. The number of hydrogen-bond acceptors (Lipinski definition) is 2. The first-order chi connectivity index (χ1) is 7.45. The summed E-state index contributed by atoms with van der Waals surface area (Å²) in [7, 11) is 0. The topological polar surface area (TPSA) is 26.3 Å². The van der Waals surface area contributed by atoms with Crippen molar-refractivity contribution >= 4 is 5.78 Å². The molecule has 0 saturated carbocycles. The van der Waals surface area contributed by atoms with Crippen LogP contribution >= 0.6 is 0 Å². The highest BCUT2D eigenvalue weighted by atomic mass is 16.6. The normalized spacial score (nSPS) is 37.6. The van der Waals surface area contributed by atoms with E-state index < -0.39 is 0 Å². The molecule has 1 aliphatic carbocycles. The van der Waals surface area contributed by atoms with E-state index in [2.05, 4.69) is 33.8 Å². The Bertz CT molecular complexity index is 413. The zero-order valence-electron chi connectivity index (χ0n) is 12.1. The van der Waals surface area contributed by atoms with Crippen molar-refractivity contribution in [3.63, 3.8) is 0 Å². The molecule has 2 aliphatic rings. The second-order valence-corrected chi connectivity index (χ2v) is 7.34. The molecule has 0 radical (unpaired) electrons. The average molecular weight is 236 g/mol. The van der Waals surface area contributed by atoms with Gasteiger partial charge in [0.2, 0.25) is 0 Å². The molecule has 1 heterocycles. The first-order valence-electron chi connectivity index (χ1n) is 6.40. The van der Waals surface area contributed by atoms with Crippen LogP contribution < -0.4 is 0 Å². The lowest BCUT2D eigenvalue weighted by molar-refractivity contribution is -0.341. The van der Waals surface area contributed by atoms with Gasteiger partial charge in [-0.15, -0.1) is 0 Å². The molecule has 2 nitrogen and oxygen atoms in total. The molecular weight excluding hydrogens is 212 g/mol. The highest BCUT2D eigenvalue weighted by Gasteiger charge is 2.67. The quantitative estimate of drug-likeness (QED) is 0.643. The molecule has 0 bridgehead atoms. The van der Waals surface area contributed by atoms with E-state index in [4.69, 9.17) is 4.74 Å².